The van der Waals surface area contributed by atoms with E-state index in [0.29, 0.717) is 23.5 Å². The summed E-state index contributed by atoms with van der Waals surface area (Å²) in [5.41, 5.74) is 2.03. The largest absolute Gasteiger partial charge is 0.358 e. The van der Waals surface area contributed by atoms with Crippen LogP contribution >= 0.6 is 23.8 Å². The van der Waals surface area contributed by atoms with E-state index in [1.807, 2.05) is 37.3 Å². The van der Waals surface area contributed by atoms with Crippen molar-refractivity contribution in [1.82, 2.24) is 15.3 Å². The summed E-state index contributed by atoms with van der Waals surface area (Å²) in [5, 5.41) is 7.50. The van der Waals surface area contributed by atoms with E-state index in [9.17, 15) is 0 Å². The Morgan fingerprint density at radius 1 is 1.31 bits per heavy atom. The van der Waals surface area contributed by atoms with E-state index in [0.717, 1.165) is 35.2 Å². The standard InChI is InChI=1S/C19H24ClN5S/c1-13-4-3-9-25(12-13)17-10-14(2)22-18(23-17)24-19(26)21-11-15-5-7-16(20)8-6-15/h5-8,10,13H,3-4,9,11-12H2,1-2H3,(H2,21,22,23,24,26)/t13-/m1/s1. The van der Waals surface area contributed by atoms with Gasteiger partial charge in [0.05, 0.1) is 0 Å². The molecule has 2 N–H and O–H groups in total. The molecule has 0 amide bonds. The number of hydrogen-bond acceptors (Lipinski definition) is 4. The molecule has 1 saturated heterocycles. The number of halogens is 1. The lowest BCUT2D eigenvalue weighted by Gasteiger charge is -2.32. The first-order valence-corrected chi connectivity index (χ1v) is 9.68. The molecule has 0 unspecified atom stereocenters. The van der Waals surface area contributed by atoms with Gasteiger partial charge in [0.25, 0.3) is 0 Å². The number of benzene rings is 1. The summed E-state index contributed by atoms with van der Waals surface area (Å²) in [6.07, 6.45) is 2.48. The number of nitrogens with zero attached hydrogens (tertiary/aromatic N) is 3. The lowest BCUT2D eigenvalue weighted by molar-refractivity contribution is 0.444. The minimum absolute atomic E-state index is 0.503. The Bertz CT molecular complexity index is 765. The van der Waals surface area contributed by atoms with Gasteiger partial charge in [-0.1, -0.05) is 30.7 Å². The first-order valence-electron chi connectivity index (χ1n) is 8.89. The quantitative estimate of drug-likeness (QED) is 0.766. The molecule has 138 valence electrons. The Labute approximate surface area is 165 Å². The van der Waals surface area contributed by atoms with E-state index < -0.39 is 0 Å². The van der Waals surface area contributed by atoms with Gasteiger partial charge in [0, 0.05) is 36.4 Å². The summed E-state index contributed by atoms with van der Waals surface area (Å²) >= 11 is 11.3. The second kappa shape index (κ2) is 8.64. The van der Waals surface area contributed by atoms with Gasteiger partial charge >= 0.3 is 0 Å². The molecule has 2 aromatic rings. The third-order valence-electron chi connectivity index (χ3n) is 4.41. The molecule has 1 aliphatic heterocycles. The van der Waals surface area contributed by atoms with Crippen LogP contribution < -0.4 is 15.5 Å². The Hall–Kier alpha value is -1.92. The molecule has 0 saturated carbocycles. The van der Waals surface area contributed by atoms with Crippen LogP contribution in [0.4, 0.5) is 11.8 Å². The number of nitrogens with one attached hydrogen (secondary N) is 2. The molecule has 0 radical (unpaired) electrons. The van der Waals surface area contributed by atoms with Crippen LogP contribution in [-0.2, 0) is 6.54 Å². The Balaban J connectivity index is 1.61. The van der Waals surface area contributed by atoms with Gasteiger partial charge in [-0.3, -0.25) is 0 Å². The van der Waals surface area contributed by atoms with E-state index in [-0.39, 0.29) is 0 Å². The SMILES string of the molecule is Cc1cc(N2CCC[C@@H](C)C2)nc(NC(=S)NCc2ccc(Cl)cc2)n1. The zero-order valence-corrected chi connectivity index (χ0v) is 16.7. The van der Waals surface area contributed by atoms with Crippen LogP contribution in [0.3, 0.4) is 0 Å². The van der Waals surface area contributed by atoms with Crippen LogP contribution in [0.5, 0.6) is 0 Å². The monoisotopic (exact) mass is 389 g/mol. The molecule has 7 heteroatoms. The van der Waals surface area contributed by atoms with Gasteiger partial charge in [-0.25, -0.2) is 4.98 Å². The van der Waals surface area contributed by atoms with Crippen molar-refractivity contribution in [1.29, 1.82) is 0 Å². The molecule has 1 aromatic carbocycles. The van der Waals surface area contributed by atoms with Gasteiger partial charge in [0.15, 0.2) is 5.11 Å². The normalized spacial score (nSPS) is 17.0. The predicted molar refractivity (Wildman–Crippen MR) is 112 cm³/mol. The fourth-order valence-corrected chi connectivity index (χ4v) is 3.39. The van der Waals surface area contributed by atoms with Crippen LogP contribution in [0, 0.1) is 12.8 Å². The highest BCUT2D eigenvalue weighted by Gasteiger charge is 2.18. The summed E-state index contributed by atoms with van der Waals surface area (Å²) < 4.78 is 0. The number of thiocarbonyl (C=S) groups is 1. The minimum Gasteiger partial charge on any atom is -0.358 e. The van der Waals surface area contributed by atoms with Crippen molar-refractivity contribution in [2.45, 2.75) is 33.2 Å². The van der Waals surface area contributed by atoms with Crippen molar-refractivity contribution in [2.24, 2.45) is 5.92 Å². The summed E-state index contributed by atoms with van der Waals surface area (Å²) in [7, 11) is 0. The van der Waals surface area contributed by atoms with Gasteiger partial charge in [0.2, 0.25) is 5.95 Å². The maximum Gasteiger partial charge on any atom is 0.231 e. The van der Waals surface area contributed by atoms with E-state index in [1.54, 1.807) is 0 Å². The van der Waals surface area contributed by atoms with Crippen molar-refractivity contribution in [2.75, 3.05) is 23.3 Å². The third kappa shape index (κ3) is 5.29. The van der Waals surface area contributed by atoms with Crippen molar-refractivity contribution in [3.63, 3.8) is 0 Å². The average Bonchev–Trinajstić information content (AvgIpc) is 2.61. The first kappa shape index (κ1) is 18.9. The molecule has 1 atom stereocenters. The number of aryl methyl sites for hydroxylation is 1. The van der Waals surface area contributed by atoms with E-state index >= 15 is 0 Å². The van der Waals surface area contributed by atoms with Crippen LogP contribution in [0.25, 0.3) is 0 Å². The Morgan fingerprint density at radius 2 is 2.08 bits per heavy atom. The highest BCUT2D eigenvalue weighted by molar-refractivity contribution is 7.80. The molecule has 1 aliphatic rings. The van der Waals surface area contributed by atoms with Gasteiger partial charge < -0.3 is 15.5 Å². The molecular weight excluding hydrogens is 366 g/mol. The molecular formula is C19H24ClN5S. The van der Waals surface area contributed by atoms with Crippen LogP contribution in [-0.4, -0.2) is 28.2 Å². The summed E-state index contributed by atoms with van der Waals surface area (Å²) in [4.78, 5) is 11.4. The lowest BCUT2D eigenvalue weighted by Crippen LogP contribution is -2.35. The number of aromatic nitrogens is 2. The highest BCUT2D eigenvalue weighted by Crippen LogP contribution is 2.22. The van der Waals surface area contributed by atoms with Gasteiger partial charge in [-0.05, 0) is 55.6 Å². The van der Waals surface area contributed by atoms with Crippen molar-refractivity contribution >= 4 is 40.7 Å². The molecule has 5 nitrogen and oxygen atoms in total. The Morgan fingerprint density at radius 3 is 2.81 bits per heavy atom. The molecule has 1 aromatic heterocycles. The van der Waals surface area contributed by atoms with Gasteiger partial charge in [-0.15, -0.1) is 0 Å². The topological polar surface area (TPSA) is 53.1 Å². The fourth-order valence-electron chi connectivity index (χ4n) is 3.10. The van der Waals surface area contributed by atoms with Gasteiger partial charge in [-0.2, -0.15) is 4.98 Å². The molecule has 1 fully saturated rings. The molecule has 0 bridgehead atoms. The molecule has 26 heavy (non-hydrogen) atoms. The van der Waals surface area contributed by atoms with Crippen molar-refractivity contribution in [3.05, 3.63) is 46.6 Å². The molecule has 0 spiro atoms. The zero-order chi connectivity index (χ0) is 18.5. The Kier molecular flexibility index (Phi) is 6.27. The maximum absolute atomic E-state index is 5.91. The molecule has 0 aliphatic carbocycles. The number of piperidine rings is 1. The average molecular weight is 390 g/mol. The van der Waals surface area contributed by atoms with Crippen molar-refractivity contribution in [3.8, 4) is 0 Å². The smallest absolute Gasteiger partial charge is 0.231 e. The van der Waals surface area contributed by atoms with E-state index in [4.69, 9.17) is 23.8 Å². The number of anilines is 2. The maximum atomic E-state index is 5.91. The first-order chi connectivity index (χ1) is 12.5. The molecule has 3 rings (SSSR count). The lowest BCUT2D eigenvalue weighted by atomic mass is 10.0. The fraction of sp³-hybridized carbons (Fsp3) is 0.421. The summed E-state index contributed by atoms with van der Waals surface area (Å²) in [6.45, 7) is 6.96. The van der Waals surface area contributed by atoms with Crippen LogP contribution in [0.1, 0.15) is 31.0 Å². The number of rotatable bonds is 4. The zero-order valence-electron chi connectivity index (χ0n) is 15.1. The van der Waals surface area contributed by atoms with E-state index in [2.05, 4.69) is 32.4 Å². The molecule has 2 heterocycles. The van der Waals surface area contributed by atoms with Crippen LogP contribution in [0.2, 0.25) is 5.02 Å². The second-order valence-electron chi connectivity index (χ2n) is 6.82. The minimum atomic E-state index is 0.503. The third-order valence-corrected chi connectivity index (χ3v) is 4.91. The van der Waals surface area contributed by atoms with Gasteiger partial charge in [0.1, 0.15) is 5.82 Å². The predicted octanol–water partition coefficient (Wildman–Crippen LogP) is 4.16. The number of hydrogen-bond donors (Lipinski definition) is 2. The van der Waals surface area contributed by atoms with E-state index in [1.165, 1.54) is 12.8 Å². The summed E-state index contributed by atoms with van der Waals surface area (Å²) in [5.74, 6) is 2.19. The second-order valence-corrected chi connectivity index (χ2v) is 7.66. The summed E-state index contributed by atoms with van der Waals surface area (Å²) in [6, 6.07) is 9.70. The van der Waals surface area contributed by atoms with Crippen molar-refractivity contribution < 1.29 is 0 Å². The van der Waals surface area contributed by atoms with Crippen LogP contribution in [0.15, 0.2) is 30.3 Å². The highest BCUT2D eigenvalue weighted by atomic mass is 35.5.